The molecule has 0 bridgehead atoms. The van der Waals surface area contributed by atoms with E-state index in [1.165, 1.54) is 27.6 Å². The Morgan fingerprint density at radius 3 is 2.95 bits per heavy atom. The van der Waals surface area contributed by atoms with Gasteiger partial charge in [0.1, 0.15) is 4.88 Å². The zero-order valence-electron chi connectivity index (χ0n) is 12.3. The summed E-state index contributed by atoms with van der Waals surface area (Å²) in [7, 11) is 0. The van der Waals surface area contributed by atoms with Crippen LogP contribution in [0.1, 0.15) is 29.4 Å². The van der Waals surface area contributed by atoms with E-state index in [-0.39, 0.29) is 11.9 Å². The van der Waals surface area contributed by atoms with Crippen LogP contribution in [0, 0.1) is 0 Å². The minimum Gasteiger partial charge on any atom is -0.331 e. The average Bonchev–Trinajstić information content (AvgIpc) is 3.13. The van der Waals surface area contributed by atoms with E-state index in [0.717, 1.165) is 29.5 Å². The van der Waals surface area contributed by atoms with Gasteiger partial charge in [0, 0.05) is 22.4 Å². The highest BCUT2D eigenvalue weighted by Gasteiger charge is 2.34. The first kappa shape index (κ1) is 14.6. The molecular weight excluding hydrogens is 334 g/mol. The van der Waals surface area contributed by atoms with Gasteiger partial charge in [0.05, 0.1) is 11.1 Å². The minimum absolute atomic E-state index is 0.0853. The number of hydrogen-bond acceptors (Lipinski definition) is 3. The molecule has 0 fully saturated rings. The van der Waals surface area contributed by atoms with Crippen molar-refractivity contribution in [2.24, 2.45) is 0 Å². The van der Waals surface area contributed by atoms with Gasteiger partial charge >= 0.3 is 0 Å². The summed E-state index contributed by atoms with van der Waals surface area (Å²) in [6, 6.07) is 8.16. The van der Waals surface area contributed by atoms with Crippen LogP contribution in [0.2, 0.25) is 5.02 Å². The summed E-state index contributed by atoms with van der Waals surface area (Å²) in [6.45, 7) is 2.95. The maximum atomic E-state index is 13.0. The maximum Gasteiger partial charge on any atom is 0.266 e. The fourth-order valence-electron chi connectivity index (χ4n) is 3.35. The second kappa shape index (κ2) is 5.59. The minimum atomic E-state index is 0.0853. The van der Waals surface area contributed by atoms with E-state index in [1.54, 1.807) is 0 Å². The lowest BCUT2D eigenvalue weighted by Crippen LogP contribution is -2.42. The first-order chi connectivity index (χ1) is 10.7. The van der Waals surface area contributed by atoms with E-state index in [2.05, 4.69) is 6.92 Å². The summed E-state index contributed by atoms with van der Waals surface area (Å²) < 4.78 is 1.08. The van der Waals surface area contributed by atoms with Gasteiger partial charge in [0.2, 0.25) is 0 Å². The van der Waals surface area contributed by atoms with E-state index in [0.29, 0.717) is 9.90 Å². The summed E-state index contributed by atoms with van der Waals surface area (Å²) >= 11 is 9.95. The molecule has 2 aliphatic rings. The van der Waals surface area contributed by atoms with Gasteiger partial charge in [0.15, 0.2) is 0 Å². The molecule has 1 aromatic heterocycles. The molecule has 2 aromatic rings. The van der Waals surface area contributed by atoms with Gasteiger partial charge in [-0.3, -0.25) is 4.79 Å². The second-order valence-electron chi connectivity index (χ2n) is 5.71. The molecule has 0 N–H and O–H groups in total. The molecule has 0 saturated carbocycles. The SMILES string of the molecule is CC1C2=C(CCN1C(=O)c1sc3ccccc3c1Cl)SCC2. The van der Waals surface area contributed by atoms with Gasteiger partial charge in [0.25, 0.3) is 5.91 Å². The van der Waals surface area contributed by atoms with Crippen molar-refractivity contribution in [1.29, 1.82) is 0 Å². The van der Waals surface area contributed by atoms with E-state index >= 15 is 0 Å². The number of halogens is 1. The average molecular weight is 350 g/mol. The van der Waals surface area contributed by atoms with Crippen LogP contribution in [-0.2, 0) is 0 Å². The number of thioether (sulfide) groups is 1. The van der Waals surface area contributed by atoms with Crippen LogP contribution in [0.5, 0.6) is 0 Å². The molecular formula is C17H16ClNOS2. The Bertz CT molecular complexity index is 795. The molecule has 5 heteroatoms. The van der Waals surface area contributed by atoms with Crippen molar-refractivity contribution in [2.75, 3.05) is 12.3 Å². The Kier molecular flexibility index (Phi) is 3.71. The van der Waals surface area contributed by atoms with E-state index in [9.17, 15) is 4.79 Å². The Balaban J connectivity index is 1.70. The van der Waals surface area contributed by atoms with Crippen molar-refractivity contribution in [3.8, 4) is 0 Å². The third kappa shape index (κ3) is 2.20. The quantitative estimate of drug-likeness (QED) is 0.707. The smallest absolute Gasteiger partial charge is 0.266 e. The third-order valence-corrected chi connectivity index (χ3v) is 7.43. The number of fused-ring (bicyclic) bond motifs is 1. The largest absolute Gasteiger partial charge is 0.331 e. The van der Waals surface area contributed by atoms with Crippen molar-refractivity contribution in [1.82, 2.24) is 4.90 Å². The van der Waals surface area contributed by atoms with E-state index in [1.807, 2.05) is 40.9 Å². The molecule has 1 amide bonds. The Labute approximate surface area is 143 Å². The predicted octanol–water partition coefficient (Wildman–Crippen LogP) is 5.18. The summed E-state index contributed by atoms with van der Waals surface area (Å²) in [6.07, 6.45) is 2.11. The van der Waals surface area contributed by atoms with Crippen LogP contribution < -0.4 is 0 Å². The molecule has 0 radical (unpaired) electrons. The molecule has 2 nitrogen and oxygen atoms in total. The van der Waals surface area contributed by atoms with Gasteiger partial charge in [-0.1, -0.05) is 29.8 Å². The first-order valence-corrected chi connectivity index (χ1v) is 9.67. The predicted molar refractivity (Wildman–Crippen MR) is 96.1 cm³/mol. The molecule has 0 aliphatic carbocycles. The molecule has 1 unspecified atom stereocenters. The highest BCUT2D eigenvalue weighted by atomic mass is 35.5. The zero-order chi connectivity index (χ0) is 15.3. The molecule has 2 aliphatic heterocycles. The number of rotatable bonds is 1. The summed E-state index contributed by atoms with van der Waals surface area (Å²) in [5.41, 5.74) is 1.46. The second-order valence-corrected chi connectivity index (χ2v) is 8.33. The number of thiophene rings is 1. The summed E-state index contributed by atoms with van der Waals surface area (Å²) in [5.74, 6) is 1.25. The van der Waals surface area contributed by atoms with Crippen LogP contribution in [-0.4, -0.2) is 29.1 Å². The Hall–Kier alpha value is -0.970. The van der Waals surface area contributed by atoms with Gasteiger partial charge in [-0.15, -0.1) is 23.1 Å². The Morgan fingerprint density at radius 1 is 1.32 bits per heavy atom. The number of carbonyl (C=O) groups excluding carboxylic acids is 1. The fourth-order valence-corrected chi connectivity index (χ4v) is 6.08. The molecule has 1 atom stereocenters. The van der Waals surface area contributed by atoms with E-state index in [4.69, 9.17) is 11.6 Å². The van der Waals surface area contributed by atoms with Crippen LogP contribution in [0.25, 0.3) is 10.1 Å². The van der Waals surface area contributed by atoms with Crippen LogP contribution in [0.3, 0.4) is 0 Å². The number of carbonyl (C=O) groups is 1. The molecule has 4 rings (SSSR count). The normalized spacial score (nSPS) is 21.5. The van der Waals surface area contributed by atoms with Crippen LogP contribution in [0.15, 0.2) is 34.7 Å². The monoisotopic (exact) mass is 349 g/mol. The summed E-state index contributed by atoms with van der Waals surface area (Å²) in [4.78, 5) is 17.2. The van der Waals surface area contributed by atoms with Crippen molar-refractivity contribution in [3.63, 3.8) is 0 Å². The molecule has 22 heavy (non-hydrogen) atoms. The topological polar surface area (TPSA) is 20.3 Å². The van der Waals surface area contributed by atoms with Crippen molar-refractivity contribution >= 4 is 50.7 Å². The van der Waals surface area contributed by atoms with Crippen molar-refractivity contribution < 1.29 is 4.79 Å². The number of benzene rings is 1. The third-order valence-electron chi connectivity index (χ3n) is 4.55. The maximum absolute atomic E-state index is 13.0. The van der Waals surface area contributed by atoms with Gasteiger partial charge in [-0.2, -0.15) is 0 Å². The zero-order valence-corrected chi connectivity index (χ0v) is 14.7. The lowest BCUT2D eigenvalue weighted by Gasteiger charge is -2.34. The number of nitrogens with zero attached hydrogens (tertiary/aromatic N) is 1. The van der Waals surface area contributed by atoms with Crippen molar-refractivity contribution in [2.45, 2.75) is 25.8 Å². The summed E-state index contributed by atoms with van der Waals surface area (Å²) in [5, 5.41) is 1.59. The first-order valence-electron chi connectivity index (χ1n) is 7.49. The molecule has 1 aromatic carbocycles. The van der Waals surface area contributed by atoms with Gasteiger partial charge in [-0.25, -0.2) is 0 Å². The molecule has 114 valence electrons. The van der Waals surface area contributed by atoms with Gasteiger partial charge in [-0.05, 0) is 36.3 Å². The van der Waals surface area contributed by atoms with Gasteiger partial charge < -0.3 is 4.90 Å². The molecule has 0 spiro atoms. The fraction of sp³-hybridized carbons (Fsp3) is 0.353. The number of amides is 1. The standard InChI is InChI=1S/C17H16ClNOS2/c1-10-11-7-9-21-13(11)6-8-19(10)17(20)16-15(18)12-4-2-3-5-14(12)22-16/h2-5,10H,6-9H2,1H3. The lowest BCUT2D eigenvalue weighted by atomic mass is 9.98. The van der Waals surface area contributed by atoms with Crippen molar-refractivity contribution in [3.05, 3.63) is 44.6 Å². The molecule has 0 saturated heterocycles. The number of hydrogen-bond donors (Lipinski definition) is 0. The van der Waals surface area contributed by atoms with E-state index < -0.39 is 0 Å². The highest BCUT2D eigenvalue weighted by Crippen LogP contribution is 2.42. The van der Waals surface area contributed by atoms with Crippen LogP contribution >= 0.6 is 34.7 Å². The Morgan fingerprint density at radius 2 is 2.14 bits per heavy atom. The molecule has 3 heterocycles. The lowest BCUT2D eigenvalue weighted by molar-refractivity contribution is 0.0712. The highest BCUT2D eigenvalue weighted by molar-refractivity contribution is 8.03. The van der Waals surface area contributed by atoms with Crippen LogP contribution in [0.4, 0.5) is 0 Å².